The van der Waals surface area contributed by atoms with Gasteiger partial charge in [-0.3, -0.25) is 9.48 Å². The van der Waals surface area contributed by atoms with Crippen molar-refractivity contribution >= 4 is 17.4 Å². The first-order valence-electron chi connectivity index (χ1n) is 6.40. The number of halogens is 1. The van der Waals surface area contributed by atoms with Gasteiger partial charge in [-0.2, -0.15) is 5.10 Å². The average Bonchev–Trinajstić information content (AvgIpc) is 2.70. The highest BCUT2D eigenvalue weighted by Crippen LogP contribution is 2.26. The summed E-state index contributed by atoms with van der Waals surface area (Å²) in [6.07, 6.45) is 3.02. The first kappa shape index (κ1) is 15.2. The second-order valence-corrected chi connectivity index (χ2v) is 4.82. The van der Waals surface area contributed by atoms with E-state index in [-0.39, 0.29) is 5.78 Å². The normalized spacial score (nSPS) is 14.5. The zero-order chi connectivity index (χ0) is 13.8. The number of Topliss-reactive ketones (excluding diaryl/α,β-unsaturated/α-hetero) is 1. The molecule has 0 aliphatic rings. The molecule has 0 spiro atoms. The Hall–Kier alpha value is -0.870. The van der Waals surface area contributed by atoms with Crippen LogP contribution in [0.25, 0.3) is 0 Å². The number of nitrogens with zero attached hydrogens (tertiary/aromatic N) is 2. The highest BCUT2D eigenvalue weighted by atomic mass is 35.5. The van der Waals surface area contributed by atoms with E-state index in [1.54, 1.807) is 11.6 Å². The molecule has 1 heterocycles. The molecule has 18 heavy (non-hydrogen) atoms. The lowest BCUT2D eigenvalue weighted by atomic mass is 9.95. The van der Waals surface area contributed by atoms with Crippen LogP contribution < -0.4 is 0 Å². The maximum absolute atomic E-state index is 12.6. The predicted octanol–water partition coefficient (Wildman–Crippen LogP) is 3.33. The Balaban J connectivity index is 3.12. The molecule has 0 fully saturated rings. The van der Waals surface area contributed by atoms with Crippen LogP contribution in [0.15, 0.2) is 6.20 Å². The number of ether oxygens (including phenoxy) is 1. The Morgan fingerprint density at radius 1 is 1.50 bits per heavy atom. The van der Waals surface area contributed by atoms with Crippen LogP contribution >= 0.6 is 11.6 Å². The van der Waals surface area contributed by atoms with E-state index in [2.05, 4.69) is 5.10 Å². The smallest absolute Gasteiger partial charge is 0.213 e. The maximum atomic E-state index is 12.6. The van der Waals surface area contributed by atoms with Crippen LogP contribution in [-0.4, -0.2) is 27.8 Å². The molecule has 0 saturated heterocycles. The van der Waals surface area contributed by atoms with E-state index < -0.39 is 5.60 Å². The minimum Gasteiger partial charge on any atom is -0.367 e. The molecule has 4 nitrogen and oxygen atoms in total. The van der Waals surface area contributed by atoms with Crippen molar-refractivity contribution in [3.63, 3.8) is 0 Å². The molecule has 1 atom stereocenters. The van der Waals surface area contributed by atoms with Crippen LogP contribution in [0.3, 0.4) is 0 Å². The summed E-state index contributed by atoms with van der Waals surface area (Å²) in [5.74, 6) is -0.0946. The Kier molecular flexibility index (Phi) is 5.35. The number of carbonyl (C=O) groups excluding carboxylic acids is 1. The van der Waals surface area contributed by atoms with Gasteiger partial charge in [0.25, 0.3) is 0 Å². The van der Waals surface area contributed by atoms with Crippen molar-refractivity contribution in [2.75, 3.05) is 6.61 Å². The summed E-state index contributed by atoms with van der Waals surface area (Å²) in [7, 11) is 0. The summed E-state index contributed by atoms with van der Waals surface area (Å²) in [6, 6.07) is 0. The Bertz CT molecular complexity index is 417. The van der Waals surface area contributed by atoms with Gasteiger partial charge in [0.2, 0.25) is 5.78 Å². The van der Waals surface area contributed by atoms with E-state index in [9.17, 15) is 4.79 Å². The van der Waals surface area contributed by atoms with E-state index in [1.807, 2.05) is 20.8 Å². The highest BCUT2D eigenvalue weighted by Gasteiger charge is 2.36. The van der Waals surface area contributed by atoms with Crippen LogP contribution in [0, 0.1) is 0 Å². The molecular formula is C13H21ClN2O2. The molecule has 5 heteroatoms. The van der Waals surface area contributed by atoms with Crippen LogP contribution in [0.2, 0.25) is 5.02 Å². The molecule has 0 radical (unpaired) electrons. The Labute approximate surface area is 113 Å². The van der Waals surface area contributed by atoms with Gasteiger partial charge in [-0.15, -0.1) is 0 Å². The summed E-state index contributed by atoms with van der Waals surface area (Å²) >= 11 is 6.08. The molecule has 1 aromatic heterocycles. The Morgan fingerprint density at radius 3 is 2.67 bits per heavy atom. The van der Waals surface area contributed by atoms with Gasteiger partial charge in [0.1, 0.15) is 11.3 Å². The monoisotopic (exact) mass is 272 g/mol. The second-order valence-electron chi connectivity index (χ2n) is 4.41. The van der Waals surface area contributed by atoms with Gasteiger partial charge in [-0.1, -0.05) is 25.4 Å². The molecule has 0 aromatic carbocycles. The third-order valence-electron chi connectivity index (χ3n) is 3.06. The van der Waals surface area contributed by atoms with Crippen molar-refractivity contribution in [3.05, 3.63) is 16.9 Å². The lowest BCUT2D eigenvalue weighted by Gasteiger charge is -2.26. The average molecular weight is 273 g/mol. The van der Waals surface area contributed by atoms with Gasteiger partial charge in [-0.25, -0.2) is 0 Å². The highest BCUT2D eigenvalue weighted by molar-refractivity contribution is 6.34. The van der Waals surface area contributed by atoms with Crippen molar-refractivity contribution in [3.8, 4) is 0 Å². The summed E-state index contributed by atoms with van der Waals surface area (Å²) in [5.41, 5.74) is -0.375. The fraction of sp³-hybridized carbons (Fsp3) is 0.692. The molecule has 1 unspecified atom stereocenters. The summed E-state index contributed by atoms with van der Waals surface area (Å²) in [4.78, 5) is 12.6. The maximum Gasteiger partial charge on any atom is 0.213 e. The molecule has 0 N–H and O–H groups in total. The number of aromatic nitrogens is 2. The summed E-state index contributed by atoms with van der Waals surface area (Å²) in [6.45, 7) is 8.83. The number of ketones is 1. The molecule has 1 aromatic rings. The van der Waals surface area contributed by atoms with Crippen molar-refractivity contribution < 1.29 is 9.53 Å². The first-order valence-corrected chi connectivity index (χ1v) is 6.78. The van der Waals surface area contributed by atoms with Crippen molar-refractivity contribution in [1.29, 1.82) is 0 Å². The fourth-order valence-corrected chi connectivity index (χ4v) is 2.09. The van der Waals surface area contributed by atoms with Gasteiger partial charge in [-0.05, 0) is 26.7 Å². The van der Waals surface area contributed by atoms with Gasteiger partial charge < -0.3 is 4.74 Å². The molecule has 0 bridgehead atoms. The number of aryl methyl sites for hydroxylation is 1. The molecule has 0 aliphatic carbocycles. The van der Waals surface area contributed by atoms with Crippen LogP contribution in [0.4, 0.5) is 0 Å². The zero-order valence-corrected chi connectivity index (χ0v) is 12.3. The molecule has 1 rings (SSSR count). The van der Waals surface area contributed by atoms with Crippen LogP contribution in [-0.2, 0) is 11.3 Å². The first-order chi connectivity index (χ1) is 8.50. The van der Waals surface area contributed by atoms with Gasteiger partial charge >= 0.3 is 0 Å². The lowest BCUT2D eigenvalue weighted by Crippen LogP contribution is -2.39. The molecule has 0 aliphatic heterocycles. The number of rotatable bonds is 7. The minimum absolute atomic E-state index is 0.0946. The van der Waals surface area contributed by atoms with E-state index in [0.717, 1.165) is 6.42 Å². The summed E-state index contributed by atoms with van der Waals surface area (Å²) < 4.78 is 7.27. The van der Waals surface area contributed by atoms with E-state index in [0.29, 0.717) is 30.3 Å². The largest absolute Gasteiger partial charge is 0.367 e. The van der Waals surface area contributed by atoms with E-state index in [1.165, 1.54) is 6.20 Å². The third-order valence-corrected chi connectivity index (χ3v) is 3.34. The van der Waals surface area contributed by atoms with Gasteiger partial charge in [0.15, 0.2) is 0 Å². The molecule has 0 saturated carbocycles. The van der Waals surface area contributed by atoms with E-state index >= 15 is 0 Å². The van der Waals surface area contributed by atoms with E-state index in [4.69, 9.17) is 16.3 Å². The molecular weight excluding hydrogens is 252 g/mol. The number of carbonyl (C=O) groups is 1. The standard InChI is InChI=1S/C13H21ClN2O2/c1-5-8-16-11(10(14)9-15-16)12(17)13(4,6-2)18-7-3/h9H,5-8H2,1-4H3. The van der Waals surface area contributed by atoms with Crippen LogP contribution in [0.1, 0.15) is 51.0 Å². The number of hydrogen-bond acceptors (Lipinski definition) is 3. The molecule has 102 valence electrons. The quantitative estimate of drug-likeness (QED) is 0.715. The van der Waals surface area contributed by atoms with Gasteiger partial charge in [0.05, 0.1) is 11.2 Å². The third kappa shape index (κ3) is 2.93. The van der Waals surface area contributed by atoms with Crippen molar-refractivity contribution in [2.24, 2.45) is 0 Å². The Morgan fingerprint density at radius 2 is 2.17 bits per heavy atom. The lowest BCUT2D eigenvalue weighted by molar-refractivity contribution is -0.0123. The predicted molar refractivity (Wildman–Crippen MR) is 72.2 cm³/mol. The van der Waals surface area contributed by atoms with Gasteiger partial charge in [0, 0.05) is 13.2 Å². The fourth-order valence-electron chi connectivity index (χ4n) is 1.87. The topological polar surface area (TPSA) is 44.1 Å². The minimum atomic E-state index is -0.829. The summed E-state index contributed by atoms with van der Waals surface area (Å²) in [5, 5.41) is 4.54. The number of hydrogen-bond donors (Lipinski definition) is 0. The van der Waals surface area contributed by atoms with Crippen LogP contribution in [0.5, 0.6) is 0 Å². The van der Waals surface area contributed by atoms with Crippen molar-refractivity contribution in [2.45, 2.75) is 52.7 Å². The second kappa shape index (κ2) is 6.34. The molecule has 0 amide bonds. The van der Waals surface area contributed by atoms with Crippen molar-refractivity contribution in [1.82, 2.24) is 9.78 Å². The zero-order valence-electron chi connectivity index (χ0n) is 11.5. The SMILES string of the molecule is CCCn1ncc(Cl)c1C(=O)C(C)(CC)OCC.